The van der Waals surface area contributed by atoms with Crippen molar-refractivity contribution >= 4 is 11.7 Å². The number of amides is 1. The largest absolute Gasteiger partial charge is 0.383 e. The Hall–Kier alpha value is -2.30. The Bertz CT molecular complexity index is 639. The molecule has 0 unspecified atom stereocenters. The van der Waals surface area contributed by atoms with Gasteiger partial charge in [0.1, 0.15) is 11.4 Å². The van der Waals surface area contributed by atoms with E-state index in [4.69, 9.17) is 5.73 Å². The predicted octanol–water partition coefficient (Wildman–Crippen LogP) is 2.39. The van der Waals surface area contributed by atoms with Crippen LogP contribution in [0.25, 0.3) is 5.69 Å². The van der Waals surface area contributed by atoms with Crippen LogP contribution < -0.4 is 5.73 Å². The lowest BCUT2D eigenvalue weighted by Crippen LogP contribution is -2.35. The van der Waals surface area contributed by atoms with E-state index in [1.54, 1.807) is 10.9 Å². The fourth-order valence-electron chi connectivity index (χ4n) is 2.68. The number of anilines is 1. The molecule has 1 fully saturated rings. The lowest BCUT2D eigenvalue weighted by Gasteiger charge is -2.26. The molecule has 0 radical (unpaired) electrons. The van der Waals surface area contributed by atoms with E-state index in [9.17, 15) is 4.79 Å². The van der Waals surface area contributed by atoms with Gasteiger partial charge in [-0.1, -0.05) is 17.7 Å². The highest BCUT2D eigenvalue weighted by molar-refractivity contribution is 5.98. The van der Waals surface area contributed by atoms with Crippen LogP contribution in [-0.4, -0.2) is 33.7 Å². The maximum absolute atomic E-state index is 12.5. The fourth-order valence-corrected chi connectivity index (χ4v) is 2.68. The van der Waals surface area contributed by atoms with E-state index in [0.717, 1.165) is 31.6 Å². The van der Waals surface area contributed by atoms with Gasteiger partial charge in [0.25, 0.3) is 5.91 Å². The number of aromatic nitrogens is 2. The van der Waals surface area contributed by atoms with Crippen molar-refractivity contribution in [2.45, 2.75) is 26.2 Å². The number of carbonyl (C=O) groups is 1. The van der Waals surface area contributed by atoms with E-state index in [2.05, 4.69) is 5.10 Å². The van der Waals surface area contributed by atoms with E-state index in [1.807, 2.05) is 36.1 Å². The van der Waals surface area contributed by atoms with Crippen molar-refractivity contribution in [2.24, 2.45) is 0 Å². The Balaban J connectivity index is 1.88. The standard InChI is InChI=1S/C16H20N4O/c1-12-5-7-13(8-6-12)20-15(17)14(11-18-20)16(21)19-9-3-2-4-10-19/h5-8,11H,2-4,9-10,17H2,1H3. The van der Waals surface area contributed by atoms with Gasteiger partial charge in [-0.15, -0.1) is 0 Å². The Morgan fingerprint density at radius 1 is 1.14 bits per heavy atom. The van der Waals surface area contributed by atoms with Crippen LogP contribution in [-0.2, 0) is 0 Å². The Kier molecular flexibility index (Phi) is 3.64. The molecule has 0 atom stereocenters. The van der Waals surface area contributed by atoms with Gasteiger partial charge in [0.15, 0.2) is 0 Å². The Labute approximate surface area is 124 Å². The number of likely N-dealkylation sites (tertiary alicyclic amines) is 1. The summed E-state index contributed by atoms with van der Waals surface area (Å²) in [4.78, 5) is 14.4. The number of aryl methyl sites for hydroxylation is 1. The summed E-state index contributed by atoms with van der Waals surface area (Å²) < 4.78 is 1.62. The summed E-state index contributed by atoms with van der Waals surface area (Å²) in [5.41, 5.74) is 8.68. The molecule has 1 aliphatic heterocycles. The van der Waals surface area contributed by atoms with Crippen molar-refractivity contribution < 1.29 is 4.79 Å². The van der Waals surface area contributed by atoms with Crippen LogP contribution >= 0.6 is 0 Å². The summed E-state index contributed by atoms with van der Waals surface area (Å²) in [7, 11) is 0. The summed E-state index contributed by atoms with van der Waals surface area (Å²) in [6.45, 7) is 3.66. The van der Waals surface area contributed by atoms with Crippen LogP contribution in [0.1, 0.15) is 35.2 Å². The molecule has 1 aromatic heterocycles. The molecule has 0 aliphatic carbocycles. The molecule has 1 aromatic carbocycles. The molecule has 2 N–H and O–H groups in total. The van der Waals surface area contributed by atoms with Crippen molar-refractivity contribution in [1.29, 1.82) is 0 Å². The summed E-state index contributed by atoms with van der Waals surface area (Å²) in [5, 5.41) is 4.28. The first-order valence-corrected chi connectivity index (χ1v) is 7.36. The fraction of sp³-hybridized carbons (Fsp3) is 0.375. The molecule has 2 aromatic rings. The smallest absolute Gasteiger partial charge is 0.259 e. The van der Waals surface area contributed by atoms with Crippen molar-refractivity contribution in [2.75, 3.05) is 18.8 Å². The maximum atomic E-state index is 12.5. The predicted molar refractivity (Wildman–Crippen MR) is 82.5 cm³/mol. The summed E-state index contributed by atoms with van der Waals surface area (Å²) in [6.07, 6.45) is 4.91. The number of piperidine rings is 1. The van der Waals surface area contributed by atoms with Gasteiger partial charge in [-0.2, -0.15) is 5.10 Å². The number of hydrogen-bond donors (Lipinski definition) is 1. The number of nitrogens with two attached hydrogens (primary N) is 1. The monoisotopic (exact) mass is 284 g/mol. The maximum Gasteiger partial charge on any atom is 0.259 e. The van der Waals surface area contributed by atoms with E-state index in [-0.39, 0.29) is 5.91 Å². The second-order valence-electron chi connectivity index (χ2n) is 5.54. The van der Waals surface area contributed by atoms with Crippen LogP contribution in [0, 0.1) is 6.92 Å². The Morgan fingerprint density at radius 3 is 2.48 bits per heavy atom. The third-order valence-electron chi connectivity index (χ3n) is 3.96. The van der Waals surface area contributed by atoms with Crippen LogP contribution in [0.2, 0.25) is 0 Å². The highest BCUT2D eigenvalue weighted by Gasteiger charge is 2.23. The van der Waals surface area contributed by atoms with Gasteiger partial charge in [0, 0.05) is 13.1 Å². The van der Waals surface area contributed by atoms with Gasteiger partial charge in [-0.25, -0.2) is 4.68 Å². The first-order chi connectivity index (χ1) is 10.2. The zero-order chi connectivity index (χ0) is 14.8. The quantitative estimate of drug-likeness (QED) is 0.921. The van der Waals surface area contributed by atoms with Crippen LogP contribution in [0.3, 0.4) is 0 Å². The van der Waals surface area contributed by atoms with Crippen molar-refractivity contribution in [3.8, 4) is 5.69 Å². The second kappa shape index (κ2) is 5.60. The third kappa shape index (κ3) is 2.63. The lowest BCUT2D eigenvalue weighted by atomic mass is 10.1. The van der Waals surface area contributed by atoms with Gasteiger partial charge in [-0.3, -0.25) is 4.79 Å². The number of rotatable bonds is 2. The van der Waals surface area contributed by atoms with E-state index in [0.29, 0.717) is 11.4 Å². The zero-order valence-corrected chi connectivity index (χ0v) is 12.2. The number of nitrogen functional groups attached to an aromatic ring is 1. The van der Waals surface area contributed by atoms with Crippen LogP contribution in [0.4, 0.5) is 5.82 Å². The van der Waals surface area contributed by atoms with E-state index < -0.39 is 0 Å². The van der Waals surface area contributed by atoms with Gasteiger partial charge < -0.3 is 10.6 Å². The van der Waals surface area contributed by atoms with Crippen LogP contribution in [0.5, 0.6) is 0 Å². The van der Waals surface area contributed by atoms with Gasteiger partial charge in [0.05, 0.1) is 11.9 Å². The van der Waals surface area contributed by atoms with Crippen molar-refractivity contribution in [3.63, 3.8) is 0 Å². The molecular weight excluding hydrogens is 264 g/mol. The third-order valence-corrected chi connectivity index (χ3v) is 3.96. The average molecular weight is 284 g/mol. The molecule has 3 rings (SSSR count). The minimum absolute atomic E-state index is 0.00874. The topological polar surface area (TPSA) is 64.2 Å². The number of nitrogens with zero attached hydrogens (tertiary/aromatic N) is 3. The highest BCUT2D eigenvalue weighted by atomic mass is 16.2. The molecule has 1 amide bonds. The van der Waals surface area contributed by atoms with Gasteiger partial charge in [0.2, 0.25) is 0 Å². The number of hydrogen-bond acceptors (Lipinski definition) is 3. The first kappa shape index (κ1) is 13.7. The SMILES string of the molecule is Cc1ccc(-n2ncc(C(=O)N3CCCCC3)c2N)cc1. The zero-order valence-electron chi connectivity index (χ0n) is 12.2. The van der Waals surface area contributed by atoms with Crippen molar-refractivity contribution in [1.82, 2.24) is 14.7 Å². The molecule has 1 aliphatic rings. The van der Waals surface area contributed by atoms with Gasteiger partial charge in [-0.05, 0) is 38.3 Å². The Morgan fingerprint density at radius 2 is 1.81 bits per heavy atom. The van der Waals surface area contributed by atoms with E-state index in [1.165, 1.54) is 12.0 Å². The molecule has 0 saturated carbocycles. The summed E-state index contributed by atoms with van der Waals surface area (Å²) in [5.74, 6) is 0.403. The molecule has 110 valence electrons. The molecule has 2 heterocycles. The lowest BCUT2D eigenvalue weighted by molar-refractivity contribution is 0.0725. The molecular formula is C16H20N4O. The second-order valence-corrected chi connectivity index (χ2v) is 5.54. The van der Waals surface area contributed by atoms with Crippen LogP contribution in [0.15, 0.2) is 30.5 Å². The normalized spacial score (nSPS) is 15.2. The molecule has 0 spiro atoms. The summed E-state index contributed by atoms with van der Waals surface area (Å²) in [6, 6.07) is 7.91. The number of benzene rings is 1. The van der Waals surface area contributed by atoms with Gasteiger partial charge >= 0.3 is 0 Å². The van der Waals surface area contributed by atoms with Crippen molar-refractivity contribution in [3.05, 3.63) is 41.6 Å². The number of carbonyl (C=O) groups excluding carboxylic acids is 1. The minimum atomic E-state index is -0.00874. The molecule has 1 saturated heterocycles. The first-order valence-electron chi connectivity index (χ1n) is 7.36. The highest BCUT2D eigenvalue weighted by Crippen LogP contribution is 2.20. The summed E-state index contributed by atoms with van der Waals surface area (Å²) >= 11 is 0. The minimum Gasteiger partial charge on any atom is -0.383 e. The molecule has 0 bridgehead atoms. The molecule has 5 heteroatoms. The average Bonchev–Trinajstić information content (AvgIpc) is 2.90. The molecule has 21 heavy (non-hydrogen) atoms. The molecule has 5 nitrogen and oxygen atoms in total. The van der Waals surface area contributed by atoms with E-state index >= 15 is 0 Å².